The van der Waals surface area contributed by atoms with Crippen LogP contribution in [0, 0.1) is 5.92 Å². The minimum absolute atomic E-state index is 0.0678. The molecule has 2 unspecified atom stereocenters. The lowest BCUT2D eigenvalue weighted by molar-refractivity contribution is 0.0530. The first-order valence-corrected chi connectivity index (χ1v) is 8.29. The molecule has 1 aromatic rings. The van der Waals surface area contributed by atoms with Gasteiger partial charge in [0.2, 0.25) is 0 Å². The second-order valence-corrected chi connectivity index (χ2v) is 6.57. The SMILES string of the molecule is ClC(c1cc2c(cc1Br)OCCCO2)C1CCCOC1. The zero-order valence-electron chi connectivity index (χ0n) is 11.2. The first kappa shape index (κ1) is 14.5. The van der Waals surface area contributed by atoms with E-state index in [1.54, 1.807) is 0 Å². The summed E-state index contributed by atoms with van der Waals surface area (Å²) in [6, 6.07) is 3.98. The molecule has 0 amide bonds. The van der Waals surface area contributed by atoms with Gasteiger partial charge in [0.25, 0.3) is 0 Å². The molecule has 0 aromatic heterocycles. The van der Waals surface area contributed by atoms with E-state index in [0.717, 1.165) is 54.0 Å². The van der Waals surface area contributed by atoms with Gasteiger partial charge < -0.3 is 14.2 Å². The molecule has 2 heterocycles. The third kappa shape index (κ3) is 3.07. The van der Waals surface area contributed by atoms with Crippen LogP contribution >= 0.6 is 27.5 Å². The predicted octanol–water partition coefficient (Wildman–Crippen LogP) is 4.32. The molecule has 0 aliphatic carbocycles. The average Bonchev–Trinajstić information content (AvgIpc) is 2.71. The van der Waals surface area contributed by atoms with Gasteiger partial charge >= 0.3 is 0 Å². The number of halogens is 2. The van der Waals surface area contributed by atoms with Crippen molar-refractivity contribution in [2.45, 2.75) is 24.6 Å². The molecule has 1 aromatic carbocycles. The Kier molecular flexibility index (Phi) is 4.74. The van der Waals surface area contributed by atoms with Gasteiger partial charge in [-0.05, 0) is 30.5 Å². The highest BCUT2D eigenvalue weighted by atomic mass is 79.9. The molecule has 0 bridgehead atoms. The van der Waals surface area contributed by atoms with E-state index in [1.165, 1.54) is 0 Å². The first-order valence-electron chi connectivity index (χ1n) is 7.06. The number of benzene rings is 1. The number of fused-ring (bicyclic) bond motifs is 1. The van der Waals surface area contributed by atoms with Crippen molar-refractivity contribution in [3.8, 4) is 11.5 Å². The van der Waals surface area contributed by atoms with Crippen LogP contribution in [0.1, 0.15) is 30.2 Å². The van der Waals surface area contributed by atoms with E-state index in [2.05, 4.69) is 15.9 Å². The second kappa shape index (κ2) is 6.54. The molecule has 0 radical (unpaired) electrons. The topological polar surface area (TPSA) is 27.7 Å². The maximum atomic E-state index is 6.67. The minimum atomic E-state index is -0.0678. The molecule has 0 spiro atoms. The summed E-state index contributed by atoms with van der Waals surface area (Å²) in [5, 5.41) is -0.0678. The molecule has 110 valence electrons. The van der Waals surface area contributed by atoms with Crippen LogP contribution in [-0.2, 0) is 4.74 Å². The van der Waals surface area contributed by atoms with Gasteiger partial charge in [0.1, 0.15) is 0 Å². The Morgan fingerprint density at radius 3 is 2.55 bits per heavy atom. The highest BCUT2D eigenvalue weighted by Gasteiger charge is 2.27. The number of hydrogen-bond donors (Lipinski definition) is 0. The fourth-order valence-corrected chi connectivity index (χ4v) is 3.74. The highest BCUT2D eigenvalue weighted by Crippen LogP contribution is 2.43. The molecule has 2 aliphatic heterocycles. The highest BCUT2D eigenvalue weighted by molar-refractivity contribution is 9.10. The van der Waals surface area contributed by atoms with Crippen molar-refractivity contribution in [3.05, 3.63) is 22.2 Å². The van der Waals surface area contributed by atoms with Crippen LogP contribution in [0.3, 0.4) is 0 Å². The summed E-state index contributed by atoms with van der Waals surface area (Å²) in [6.07, 6.45) is 3.09. The zero-order chi connectivity index (χ0) is 13.9. The summed E-state index contributed by atoms with van der Waals surface area (Å²) in [4.78, 5) is 0. The van der Waals surface area contributed by atoms with Gasteiger partial charge in [-0.2, -0.15) is 0 Å². The zero-order valence-corrected chi connectivity index (χ0v) is 13.6. The van der Waals surface area contributed by atoms with E-state index in [-0.39, 0.29) is 5.38 Å². The van der Waals surface area contributed by atoms with Crippen molar-refractivity contribution in [1.29, 1.82) is 0 Å². The monoisotopic (exact) mass is 360 g/mol. The van der Waals surface area contributed by atoms with E-state index in [9.17, 15) is 0 Å². The van der Waals surface area contributed by atoms with Gasteiger partial charge in [-0.15, -0.1) is 11.6 Å². The van der Waals surface area contributed by atoms with Gasteiger partial charge in [0, 0.05) is 23.4 Å². The minimum Gasteiger partial charge on any atom is -0.490 e. The van der Waals surface area contributed by atoms with Gasteiger partial charge in [-0.3, -0.25) is 0 Å². The van der Waals surface area contributed by atoms with E-state index >= 15 is 0 Å². The summed E-state index contributed by atoms with van der Waals surface area (Å²) in [5.41, 5.74) is 1.06. The quantitative estimate of drug-likeness (QED) is 0.734. The van der Waals surface area contributed by atoms with Crippen molar-refractivity contribution in [2.75, 3.05) is 26.4 Å². The van der Waals surface area contributed by atoms with Crippen LogP contribution in [0.25, 0.3) is 0 Å². The fourth-order valence-electron chi connectivity index (χ4n) is 2.66. The second-order valence-electron chi connectivity index (χ2n) is 5.25. The summed E-state index contributed by atoms with van der Waals surface area (Å²) < 4.78 is 18.0. The molecule has 3 nitrogen and oxygen atoms in total. The summed E-state index contributed by atoms with van der Waals surface area (Å²) in [5.74, 6) is 1.94. The van der Waals surface area contributed by atoms with Crippen LogP contribution < -0.4 is 9.47 Å². The lowest BCUT2D eigenvalue weighted by atomic mass is 9.93. The van der Waals surface area contributed by atoms with Gasteiger partial charge in [-0.25, -0.2) is 0 Å². The Labute approximate surface area is 132 Å². The maximum Gasteiger partial charge on any atom is 0.162 e. The Morgan fingerprint density at radius 1 is 1.10 bits per heavy atom. The lowest BCUT2D eigenvalue weighted by Gasteiger charge is -2.27. The van der Waals surface area contributed by atoms with E-state index in [0.29, 0.717) is 19.1 Å². The maximum absolute atomic E-state index is 6.67. The van der Waals surface area contributed by atoms with Crippen molar-refractivity contribution in [1.82, 2.24) is 0 Å². The molecule has 1 saturated heterocycles. The molecule has 2 aliphatic rings. The molecule has 2 atom stereocenters. The van der Waals surface area contributed by atoms with Crippen LogP contribution in [0.15, 0.2) is 16.6 Å². The molecule has 0 saturated carbocycles. The first-order chi connectivity index (χ1) is 9.75. The molecular formula is C15H18BrClO3. The molecular weight excluding hydrogens is 344 g/mol. The number of rotatable bonds is 2. The van der Waals surface area contributed by atoms with Gasteiger partial charge in [0.15, 0.2) is 11.5 Å². The Hall–Kier alpha value is -0.450. The standard InChI is InChI=1S/C15H18BrClO3/c16-12-8-14-13(19-5-2-6-20-14)7-11(12)15(17)10-3-1-4-18-9-10/h7-8,10,15H,1-6,9H2. The normalized spacial score (nSPS) is 24.0. The Balaban J connectivity index is 1.86. The largest absolute Gasteiger partial charge is 0.490 e. The molecule has 3 rings (SSSR count). The van der Waals surface area contributed by atoms with Gasteiger partial charge in [0.05, 0.1) is 25.2 Å². The summed E-state index contributed by atoms with van der Waals surface area (Å²) in [6.45, 7) is 2.96. The molecule has 20 heavy (non-hydrogen) atoms. The third-order valence-electron chi connectivity index (χ3n) is 3.77. The van der Waals surface area contributed by atoms with Crippen molar-refractivity contribution in [2.24, 2.45) is 5.92 Å². The van der Waals surface area contributed by atoms with Crippen molar-refractivity contribution >= 4 is 27.5 Å². The summed E-state index contributed by atoms with van der Waals surface area (Å²) in [7, 11) is 0. The van der Waals surface area contributed by atoms with E-state index in [1.807, 2.05) is 12.1 Å². The van der Waals surface area contributed by atoms with E-state index < -0.39 is 0 Å². The van der Waals surface area contributed by atoms with Crippen molar-refractivity contribution < 1.29 is 14.2 Å². The Bertz CT molecular complexity index is 474. The third-order valence-corrected chi connectivity index (χ3v) is 5.05. The van der Waals surface area contributed by atoms with Crippen LogP contribution in [0.2, 0.25) is 0 Å². The average molecular weight is 362 g/mol. The molecule has 1 fully saturated rings. The smallest absolute Gasteiger partial charge is 0.162 e. The molecule has 0 N–H and O–H groups in total. The Morgan fingerprint density at radius 2 is 1.85 bits per heavy atom. The van der Waals surface area contributed by atoms with E-state index in [4.69, 9.17) is 25.8 Å². The van der Waals surface area contributed by atoms with Crippen molar-refractivity contribution in [3.63, 3.8) is 0 Å². The van der Waals surface area contributed by atoms with Crippen LogP contribution in [0.5, 0.6) is 11.5 Å². The number of ether oxygens (including phenoxy) is 3. The summed E-state index contributed by atoms with van der Waals surface area (Å²) >= 11 is 10.3. The predicted molar refractivity (Wildman–Crippen MR) is 81.9 cm³/mol. The lowest BCUT2D eigenvalue weighted by Crippen LogP contribution is -2.21. The van der Waals surface area contributed by atoms with Crippen LogP contribution in [0.4, 0.5) is 0 Å². The van der Waals surface area contributed by atoms with Gasteiger partial charge in [-0.1, -0.05) is 15.9 Å². The molecule has 5 heteroatoms. The number of hydrogen-bond acceptors (Lipinski definition) is 3. The van der Waals surface area contributed by atoms with Crippen LogP contribution in [-0.4, -0.2) is 26.4 Å². The number of alkyl halides is 1. The fraction of sp³-hybridized carbons (Fsp3) is 0.600.